The third-order valence-corrected chi connectivity index (χ3v) is 4.84. The molecule has 2 aromatic rings. The Bertz CT molecular complexity index is 577. The number of rotatable bonds is 6. The number of nitrogens with one attached hydrogen (secondary N) is 2. The molecule has 3 rings (SSSR count). The molecule has 0 bridgehead atoms. The fourth-order valence-electron chi connectivity index (χ4n) is 2.05. The van der Waals surface area contributed by atoms with Crippen molar-refractivity contribution in [3.63, 3.8) is 0 Å². The first-order valence-corrected chi connectivity index (χ1v) is 8.27. The van der Waals surface area contributed by atoms with Crippen LogP contribution in [0.3, 0.4) is 0 Å². The molecule has 0 saturated heterocycles. The molecule has 0 unspecified atom stereocenters. The van der Waals surface area contributed by atoms with Crippen molar-refractivity contribution in [1.29, 1.82) is 0 Å². The van der Waals surface area contributed by atoms with Gasteiger partial charge in [0.1, 0.15) is 5.01 Å². The van der Waals surface area contributed by atoms with E-state index in [4.69, 9.17) is 0 Å². The average Bonchev–Trinajstić information content (AvgIpc) is 2.95. The Morgan fingerprint density at radius 1 is 1.50 bits per heavy atom. The highest BCUT2D eigenvalue weighted by molar-refractivity contribution is 7.13. The number of anilines is 1. The maximum atomic E-state index is 11.9. The van der Waals surface area contributed by atoms with Crippen molar-refractivity contribution in [3.05, 3.63) is 27.7 Å². The molecule has 2 aromatic heterocycles. The van der Waals surface area contributed by atoms with Crippen LogP contribution < -0.4 is 10.6 Å². The van der Waals surface area contributed by atoms with Crippen LogP contribution in [0.15, 0.2) is 17.8 Å². The van der Waals surface area contributed by atoms with E-state index >= 15 is 0 Å². The molecule has 0 aliphatic heterocycles. The number of aromatic nitrogens is 2. The highest BCUT2D eigenvalue weighted by Crippen LogP contribution is 2.41. The van der Waals surface area contributed by atoms with Crippen LogP contribution >= 0.6 is 22.7 Å². The Balaban J connectivity index is 1.56. The van der Waals surface area contributed by atoms with E-state index in [9.17, 15) is 4.79 Å². The fourth-order valence-corrected chi connectivity index (χ4v) is 3.54. The first-order chi connectivity index (χ1) is 9.72. The molecule has 2 heterocycles. The van der Waals surface area contributed by atoms with Gasteiger partial charge >= 0.3 is 0 Å². The normalized spacial score (nSPS) is 16.1. The predicted molar refractivity (Wildman–Crippen MR) is 81.1 cm³/mol. The zero-order valence-electron chi connectivity index (χ0n) is 11.1. The lowest BCUT2D eigenvalue weighted by Crippen LogP contribution is -2.32. The van der Waals surface area contributed by atoms with Gasteiger partial charge in [-0.25, -0.2) is 9.97 Å². The van der Waals surface area contributed by atoms with Crippen molar-refractivity contribution >= 4 is 33.7 Å². The molecule has 2 N–H and O–H groups in total. The minimum Gasteiger partial charge on any atom is -0.301 e. The quantitative estimate of drug-likeness (QED) is 0.861. The fraction of sp³-hybridized carbons (Fsp3) is 0.462. The minimum absolute atomic E-state index is 0.0566. The second-order valence-corrected chi connectivity index (χ2v) is 7.05. The van der Waals surface area contributed by atoms with Gasteiger partial charge in [-0.2, -0.15) is 0 Å². The lowest BCUT2D eigenvalue weighted by atomic mass is 10.2. The van der Waals surface area contributed by atoms with Gasteiger partial charge in [0.2, 0.25) is 5.91 Å². The van der Waals surface area contributed by atoms with Crippen molar-refractivity contribution in [2.75, 3.05) is 11.9 Å². The molecule has 7 heteroatoms. The van der Waals surface area contributed by atoms with E-state index in [1.165, 1.54) is 29.1 Å². The highest BCUT2D eigenvalue weighted by Gasteiger charge is 2.34. The SMILES string of the molecule is Cc1cnc([C@@H](NCC(=O)Nc2nccs2)C2CC2)s1. The number of carbonyl (C=O) groups is 1. The summed E-state index contributed by atoms with van der Waals surface area (Å²) in [6.07, 6.45) is 6.00. The lowest BCUT2D eigenvalue weighted by molar-refractivity contribution is -0.115. The molecule has 1 aliphatic carbocycles. The summed E-state index contributed by atoms with van der Waals surface area (Å²) in [4.78, 5) is 21.6. The topological polar surface area (TPSA) is 66.9 Å². The Morgan fingerprint density at radius 2 is 2.35 bits per heavy atom. The maximum absolute atomic E-state index is 11.9. The van der Waals surface area contributed by atoms with Gasteiger partial charge in [-0.15, -0.1) is 22.7 Å². The summed E-state index contributed by atoms with van der Waals surface area (Å²) in [6, 6.07) is 0.204. The summed E-state index contributed by atoms with van der Waals surface area (Å²) in [5.41, 5.74) is 0. The minimum atomic E-state index is -0.0566. The summed E-state index contributed by atoms with van der Waals surface area (Å²) in [5.74, 6) is 0.562. The summed E-state index contributed by atoms with van der Waals surface area (Å²) in [5, 5.41) is 9.69. The van der Waals surface area contributed by atoms with Gasteiger partial charge in [-0.1, -0.05) is 0 Å². The van der Waals surface area contributed by atoms with E-state index in [-0.39, 0.29) is 11.9 Å². The van der Waals surface area contributed by atoms with Gasteiger partial charge < -0.3 is 5.32 Å². The van der Waals surface area contributed by atoms with Crippen LogP contribution in [0.4, 0.5) is 5.13 Å². The number of thiazole rings is 2. The average molecular weight is 308 g/mol. The molecule has 0 spiro atoms. The highest BCUT2D eigenvalue weighted by atomic mass is 32.1. The van der Waals surface area contributed by atoms with E-state index in [0.717, 1.165) is 5.01 Å². The molecular weight excluding hydrogens is 292 g/mol. The van der Waals surface area contributed by atoms with Crippen LogP contribution in [-0.2, 0) is 4.79 Å². The second-order valence-electron chi connectivity index (χ2n) is 4.89. The Kier molecular flexibility index (Phi) is 4.09. The van der Waals surface area contributed by atoms with E-state index < -0.39 is 0 Å². The largest absolute Gasteiger partial charge is 0.301 e. The summed E-state index contributed by atoms with van der Waals surface area (Å²) in [7, 11) is 0. The molecular formula is C13H16N4OS2. The lowest BCUT2D eigenvalue weighted by Gasteiger charge is -2.15. The Labute approximate surface area is 125 Å². The molecule has 0 radical (unpaired) electrons. The molecule has 1 fully saturated rings. The second kappa shape index (κ2) is 5.99. The zero-order chi connectivity index (χ0) is 13.9. The van der Waals surface area contributed by atoms with E-state index in [2.05, 4.69) is 27.5 Å². The van der Waals surface area contributed by atoms with Crippen molar-refractivity contribution in [2.24, 2.45) is 5.92 Å². The van der Waals surface area contributed by atoms with Gasteiger partial charge in [0, 0.05) is 22.7 Å². The third-order valence-electron chi connectivity index (χ3n) is 3.16. The van der Waals surface area contributed by atoms with Crippen LogP contribution in [0.2, 0.25) is 0 Å². The standard InChI is InChI=1S/C13H16N4OS2/c1-8-6-16-12(20-8)11(9-2-3-9)15-7-10(18)17-13-14-4-5-19-13/h4-6,9,11,15H,2-3,7H2,1H3,(H,14,17,18)/t11-/m0/s1. The van der Waals surface area contributed by atoms with Gasteiger partial charge in [0.25, 0.3) is 0 Å². The number of carbonyl (C=O) groups excluding carboxylic acids is 1. The molecule has 0 aromatic carbocycles. The first-order valence-electron chi connectivity index (χ1n) is 6.57. The Morgan fingerprint density at radius 3 is 2.95 bits per heavy atom. The molecule has 1 aliphatic rings. The third kappa shape index (κ3) is 3.41. The van der Waals surface area contributed by atoms with Crippen molar-refractivity contribution < 1.29 is 4.79 Å². The zero-order valence-corrected chi connectivity index (χ0v) is 12.8. The molecule has 20 heavy (non-hydrogen) atoms. The van der Waals surface area contributed by atoms with Crippen LogP contribution in [0.25, 0.3) is 0 Å². The number of nitrogens with zero attached hydrogens (tertiary/aromatic N) is 2. The summed E-state index contributed by atoms with van der Waals surface area (Å²) < 4.78 is 0. The maximum Gasteiger partial charge on any atom is 0.240 e. The van der Waals surface area contributed by atoms with Crippen molar-refractivity contribution in [1.82, 2.24) is 15.3 Å². The van der Waals surface area contributed by atoms with E-state index in [1.54, 1.807) is 17.5 Å². The molecule has 1 atom stereocenters. The predicted octanol–water partition coefficient (Wildman–Crippen LogP) is 2.59. The van der Waals surface area contributed by atoms with Gasteiger partial charge in [0.05, 0.1) is 12.6 Å². The smallest absolute Gasteiger partial charge is 0.240 e. The molecule has 1 saturated carbocycles. The number of amides is 1. The molecule has 5 nitrogen and oxygen atoms in total. The first kappa shape index (κ1) is 13.7. The van der Waals surface area contributed by atoms with E-state index in [1.807, 2.05) is 11.6 Å². The number of hydrogen-bond donors (Lipinski definition) is 2. The summed E-state index contributed by atoms with van der Waals surface area (Å²) >= 11 is 3.13. The van der Waals surface area contributed by atoms with Crippen LogP contribution in [-0.4, -0.2) is 22.4 Å². The van der Waals surface area contributed by atoms with Crippen LogP contribution in [0.5, 0.6) is 0 Å². The van der Waals surface area contributed by atoms with E-state index in [0.29, 0.717) is 17.6 Å². The molecule has 106 valence electrons. The monoisotopic (exact) mass is 308 g/mol. The summed E-state index contributed by atoms with van der Waals surface area (Å²) in [6.45, 7) is 2.35. The number of hydrogen-bond acceptors (Lipinski definition) is 6. The van der Waals surface area contributed by atoms with Gasteiger partial charge in [-0.3, -0.25) is 10.1 Å². The van der Waals surface area contributed by atoms with Crippen molar-refractivity contribution in [2.45, 2.75) is 25.8 Å². The van der Waals surface area contributed by atoms with Crippen molar-refractivity contribution in [3.8, 4) is 0 Å². The van der Waals surface area contributed by atoms with Gasteiger partial charge in [-0.05, 0) is 25.7 Å². The number of aryl methyl sites for hydroxylation is 1. The van der Waals surface area contributed by atoms with Crippen LogP contribution in [0.1, 0.15) is 28.8 Å². The van der Waals surface area contributed by atoms with Gasteiger partial charge in [0.15, 0.2) is 5.13 Å². The van der Waals surface area contributed by atoms with Crippen LogP contribution in [0, 0.1) is 12.8 Å². The Hall–Kier alpha value is -1.31. The molecule has 1 amide bonds.